The van der Waals surface area contributed by atoms with E-state index in [1.54, 1.807) is 18.2 Å². The van der Waals surface area contributed by atoms with Crippen LogP contribution in [0.25, 0.3) is 10.2 Å². The summed E-state index contributed by atoms with van der Waals surface area (Å²) in [5, 5.41) is 17.6. The van der Waals surface area contributed by atoms with Crippen LogP contribution in [0.15, 0.2) is 54.6 Å². The molecule has 0 bridgehead atoms. The number of carboxylic acid groups (broad SMARTS) is 1. The predicted octanol–water partition coefficient (Wildman–Crippen LogP) is 5.82. The topological polar surface area (TPSA) is 120 Å². The average molecular weight is 475 g/mol. The van der Waals surface area contributed by atoms with Gasteiger partial charge in [-0.05, 0) is 74.4 Å². The number of aromatic nitrogens is 1. The predicted molar refractivity (Wildman–Crippen MR) is 134 cm³/mol. The molecule has 0 spiro atoms. The second-order valence-corrected chi connectivity index (χ2v) is 8.92. The van der Waals surface area contributed by atoms with Crippen LogP contribution in [-0.2, 0) is 0 Å². The van der Waals surface area contributed by atoms with Crippen molar-refractivity contribution in [3.05, 3.63) is 82.4 Å². The number of nitrogens with one attached hydrogen (secondary N) is 3. The van der Waals surface area contributed by atoms with Gasteiger partial charge in [0.15, 0.2) is 5.13 Å². The van der Waals surface area contributed by atoms with E-state index in [2.05, 4.69) is 20.9 Å². The Morgan fingerprint density at radius 2 is 1.47 bits per heavy atom. The first kappa shape index (κ1) is 22.9. The molecule has 0 unspecified atom stereocenters. The van der Waals surface area contributed by atoms with Gasteiger partial charge in [-0.25, -0.2) is 14.6 Å². The molecule has 172 valence electrons. The molecule has 0 aliphatic carbocycles. The minimum Gasteiger partial charge on any atom is -0.478 e. The second kappa shape index (κ2) is 9.32. The van der Waals surface area contributed by atoms with Gasteiger partial charge in [-0.2, -0.15) is 0 Å². The lowest BCUT2D eigenvalue weighted by atomic mass is 10.0. The Hall–Kier alpha value is -4.24. The molecule has 9 heteroatoms. The fraction of sp³-hybridized carbons (Fsp3) is 0.120. The maximum atomic E-state index is 12.9. The number of benzene rings is 3. The second-order valence-electron chi connectivity index (χ2n) is 7.89. The first-order chi connectivity index (χ1) is 16.2. The van der Waals surface area contributed by atoms with Crippen molar-refractivity contribution in [1.82, 2.24) is 4.98 Å². The van der Waals surface area contributed by atoms with Crippen LogP contribution in [0.3, 0.4) is 0 Å². The van der Waals surface area contributed by atoms with E-state index in [9.17, 15) is 14.4 Å². The molecule has 1 heterocycles. The van der Waals surface area contributed by atoms with Gasteiger partial charge in [0, 0.05) is 16.9 Å². The van der Waals surface area contributed by atoms with Crippen molar-refractivity contribution in [3.8, 4) is 0 Å². The van der Waals surface area contributed by atoms with Crippen LogP contribution in [0.2, 0.25) is 0 Å². The van der Waals surface area contributed by atoms with Gasteiger partial charge in [-0.15, -0.1) is 0 Å². The monoisotopic (exact) mass is 474 g/mol. The Bertz CT molecular complexity index is 1400. The number of carboxylic acids is 1. The lowest BCUT2D eigenvalue weighted by molar-refractivity contribution is 0.0696. The van der Waals surface area contributed by atoms with Gasteiger partial charge >= 0.3 is 12.0 Å². The minimum absolute atomic E-state index is 0.129. The van der Waals surface area contributed by atoms with Gasteiger partial charge in [0.25, 0.3) is 5.91 Å². The first-order valence-electron chi connectivity index (χ1n) is 10.4. The molecule has 8 nitrogen and oxygen atoms in total. The molecule has 4 N–H and O–H groups in total. The summed E-state index contributed by atoms with van der Waals surface area (Å²) in [6, 6.07) is 14.5. The fourth-order valence-corrected chi connectivity index (χ4v) is 4.54. The zero-order valence-electron chi connectivity index (χ0n) is 18.7. The number of amides is 3. The number of aryl methyl sites for hydroxylation is 3. The third-order valence-corrected chi connectivity index (χ3v) is 6.11. The summed E-state index contributed by atoms with van der Waals surface area (Å²) in [5.41, 5.74) is 5.67. The first-order valence-corrected chi connectivity index (χ1v) is 11.2. The molecule has 3 aromatic carbocycles. The summed E-state index contributed by atoms with van der Waals surface area (Å²) in [6.07, 6.45) is 0. The maximum Gasteiger partial charge on any atom is 0.335 e. The third-order valence-electron chi connectivity index (χ3n) is 5.18. The van der Waals surface area contributed by atoms with Gasteiger partial charge in [0.1, 0.15) is 0 Å². The molecule has 3 amide bonds. The largest absolute Gasteiger partial charge is 0.478 e. The number of aromatic carboxylic acids is 1. The average Bonchev–Trinajstić information content (AvgIpc) is 3.17. The van der Waals surface area contributed by atoms with Crippen LogP contribution in [0.1, 0.15) is 37.4 Å². The van der Waals surface area contributed by atoms with Gasteiger partial charge < -0.3 is 15.7 Å². The van der Waals surface area contributed by atoms with Gasteiger partial charge in [0.05, 0.1) is 15.8 Å². The van der Waals surface area contributed by atoms with E-state index < -0.39 is 12.0 Å². The van der Waals surface area contributed by atoms with Crippen molar-refractivity contribution >= 4 is 56.0 Å². The number of carbonyl (C=O) groups excluding carboxylic acids is 2. The van der Waals surface area contributed by atoms with Crippen molar-refractivity contribution in [2.75, 3.05) is 16.0 Å². The van der Waals surface area contributed by atoms with E-state index in [0.717, 1.165) is 27.1 Å². The Labute approximate surface area is 199 Å². The standard InChI is InChI=1S/C25H22N4O4S/c1-13-10-14(2)21(15(3)11-13)28-22(30)17-6-9-19-20(12-17)34-25(27-19)29-24(33)26-18-7-4-16(5-8-18)23(31)32/h4-12H,1-3H3,(H,28,30)(H,31,32)(H2,26,27,29,33). The highest BCUT2D eigenvalue weighted by atomic mass is 32.1. The number of rotatable bonds is 5. The summed E-state index contributed by atoms with van der Waals surface area (Å²) >= 11 is 1.25. The maximum absolute atomic E-state index is 12.9. The van der Waals surface area contributed by atoms with E-state index in [4.69, 9.17) is 5.11 Å². The highest BCUT2D eigenvalue weighted by Gasteiger charge is 2.14. The molecule has 0 aliphatic rings. The van der Waals surface area contributed by atoms with Crippen LogP contribution in [0.5, 0.6) is 0 Å². The summed E-state index contributed by atoms with van der Waals surface area (Å²) in [4.78, 5) is 40.5. The van der Waals surface area contributed by atoms with Crippen molar-refractivity contribution < 1.29 is 19.5 Å². The normalized spacial score (nSPS) is 10.7. The third kappa shape index (κ3) is 5.05. The Morgan fingerprint density at radius 3 is 2.12 bits per heavy atom. The van der Waals surface area contributed by atoms with Crippen molar-refractivity contribution in [1.29, 1.82) is 0 Å². The number of urea groups is 1. The smallest absolute Gasteiger partial charge is 0.335 e. The zero-order chi connectivity index (χ0) is 24.4. The number of nitrogens with zero attached hydrogens (tertiary/aromatic N) is 1. The minimum atomic E-state index is -1.04. The molecule has 0 saturated heterocycles. The number of anilines is 3. The van der Waals surface area contributed by atoms with E-state index in [1.165, 1.54) is 35.6 Å². The van der Waals surface area contributed by atoms with Crippen LogP contribution in [0.4, 0.5) is 21.3 Å². The summed E-state index contributed by atoms with van der Waals surface area (Å²) < 4.78 is 0.756. The number of thiazole rings is 1. The molecule has 0 atom stereocenters. The lowest BCUT2D eigenvalue weighted by Gasteiger charge is -2.12. The molecule has 0 radical (unpaired) electrons. The molecule has 34 heavy (non-hydrogen) atoms. The van der Waals surface area contributed by atoms with E-state index >= 15 is 0 Å². The number of hydrogen-bond donors (Lipinski definition) is 4. The molecule has 4 aromatic rings. The Morgan fingerprint density at radius 1 is 0.824 bits per heavy atom. The van der Waals surface area contributed by atoms with E-state index in [0.29, 0.717) is 21.9 Å². The molecule has 1 aromatic heterocycles. The van der Waals surface area contributed by atoms with Gasteiger partial charge in [-0.1, -0.05) is 29.0 Å². The summed E-state index contributed by atoms with van der Waals surface area (Å²) in [6.45, 7) is 5.95. The number of carbonyl (C=O) groups is 3. The molecular formula is C25H22N4O4S. The molecule has 0 saturated carbocycles. The molecule has 0 aliphatic heterocycles. The van der Waals surface area contributed by atoms with Gasteiger partial charge in [-0.3, -0.25) is 10.1 Å². The van der Waals surface area contributed by atoms with Crippen molar-refractivity contribution in [3.63, 3.8) is 0 Å². The van der Waals surface area contributed by atoms with E-state index in [-0.39, 0.29) is 11.5 Å². The molecular weight excluding hydrogens is 452 g/mol. The molecule has 4 rings (SSSR count). The van der Waals surface area contributed by atoms with Crippen LogP contribution >= 0.6 is 11.3 Å². The van der Waals surface area contributed by atoms with Crippen LogP contribution in [0, 0.1) is 20.8 Å². The van der Waals surface area contributed by atoms with E-state index in [1.807, 2.05) is 32.9 Å². The van der Waals surface area contributed by atoms with Crippen molar-refractivity contribution in [2.45, 2.75) is 20.8 Å². The summed E-state index contributed by atoms with van der Waals surface area (Å²) in [7, 11) is 0. The highest BCUT2D eigenvalue weighted by molar-refractivity contribution is 7.22. The van der Waals surface area contributed by atoms with Crippen LogP contribution in [-0.4, -0.2) is 28.0 Å². The lowest BCUT2D eigenvalue weighted by Crippen LogP contribution is -2.19. The van der Waals surface area contributed by atoms with Crippen molar-refractivity contribution in [2.24, 2.45) is 0 Å². The Kier molecular flexibility index (Phi) is 6.29. The SMILES string of the molecule is Cc1cc(C)c(NC(=O)c2ccc3nc(NC(=O)Nc4ccc(C(=O)O)cc4)sc3c2)c(C)c1. The number of hydrogen-bond acceptors (Lipinski definition) is 5. The summed E-state index contributed by atoms with van der Waals surface area (Å²) in [5.74, 6) is -1.26. The number of fused-ring (bicyclic) bond motifs is 1. The Balaban J connectivity index is 1.46. The fourth-order valence-electron chi connectivity index (χ4n) is 3.64. The quantitative estimate of drug-likeness (QED) is 0.291. The highest BCUT2D eigenvalue weighted by Crippen LogP contribution is 2.28. The zero-order valence-corrected chi connectivity index (χ0v) is 19.5. The van der Waals surface area contributed by atoms with Gasteiger partial charge in [0.2, 0.25) is 0 Å². The molecule has 0 fully saturated rings. The van der Waals surface area contributed by atoms with Crippen LogP contribution < -0.4 is 16.0 Å².